The highest BCUT2D eigenvalue weighted by Crippen LogP contribution is 2.50. The van der Waals surface area contributed by atoms with E-state index in [9.17, 15) is 24.3 Å². The van der Waals surface area contributed by atoms with Gasteiger partial charge in [0.05, 0.1) is 49.9 Å². The van der Waals surface area contributed by atoms with Crippen molar-refractivity contribution in [1.29, 1.82) is 0 Å². The van der Waals surface area contributed by atoms with E-state index in [0.29, 0.717) is 30.2 Å². The number of carbonyl (C=O) groups is 4. The number of rotatable bonds is 19. The van der Waals surface area contributed by atoms with E-state index in [2.05, 4.69) is 98.5 Å². The van der Waals surface area contributed by atoms with Crippen molar-refractivity contribution in [3.05, 3.63) is 174 Å². The number of aliphatic hydroxyl groups excluding tert-OH is 1. The summed E-state index contributed by atoms with van der Waals surface area (Å²) in [5.74, 6) is 6.27. The van der Waals surface area contributed by atoms with E-state index >= 15 is 0 Å². The maximum atomic E-state index is 14.9. The van der Waals surface area contributed by atoms with E-state index < -0.39 is 0 Å². The number of fused-ring (bicyclic) bond motifs is 6. The minimum atomic E-state index is -0.387. The van der Waals surface area contributed by atoms with E-state index in [1.165, 1.54) is 49.6 Å². The maximum absolute atomic E-state index is 14.9. The molecule has 2 aliphatic carbocycles. The summed E-state index contributed by atoms with van der Waals surface area (Å²) >= 11 is 0. The van der Waals surface area contributed by atoms with Crippen LogP contribution in [0.1, 0.15) is 179 Å². The first-order valence-corrected chi connectivity index (χ1v) is 31.8. The third-order valence-electron chi connectivity index (χ3n) is 19.0. The van der Waals surface area contributed by atoms with Gasteiger partial charge in [0.2, 0.25) is 17.2 Å². The minimum absolute atomic E-state index is 0.0119. The van der Waals surface area contributed by atoms with Crippen LogP contribution >= 0.6 is 0 Å². The van der Waals surface area contributed by atoms with Crippen LogP contribution in [0.15, 0.2) is 107 Å². The van der Waals surface area contributed by atoms with Crippen LogP contribution in [-0.4, -0.2) is 118 Å². The summed E-state index contributed by atoms with van der Waals surface area (Å²) in [4.78, 5) is 66.6. The molecule has 0 spiro atoms. The predicted octanol–water partition coefficient (Wildman–Crippen LogP) is 10.0. The first-order valence-electron chi connectivity index (χ1n) is 31.8. The lowest BCUT2D eigenvalue weighted by Gasteiger charge is -2.48. The summed E-state index contributed by atoms with van der Waals surface area (Å²) in [5.41, 5.74) is 15.5. The van der Waals surface area contributed by atoms with Crippen molar-refractivity contribution < 1.29 is 33.8 Å². The second-order valence-electron chi connectivity index (χ2n) is 26.7. The van der Waals surface area contributed by atoms with Crippen LogP contribution in [0.3, 0.4) is 0 Å². The fourth-order valence-corrected chi connectivity index (χ4v) is 15.0. The van der Waals surface area contributed by atoms with E-state index in [1.807, 2.05) is 74.5 Å². The number of Topliss-reactive ketones (excluding diaryl/α,β-unsaturated/α-hetero) is 1. The first-order chi connectivity index (χ1) is 41.8. The second-order valence-corrected chi connectivity index (χ2v) is 26.7. The SMILES string of the molecule is CCN1c2cc3c(cc2C(C)CC1(C)C)C(c1ccccc1C(=O)N(C)CCC(=O)NCCOCCOCCC(=NCCC(=O)N1Cc2ccccc2C#Cc2ccccc21)C1=C(O)CC(C)(C)CC1=O)=c1cc2c4c(c1C3(C)C)CCC[N+]=4CCC2. The van der Waals surface area contributed by atoms with Gasteiger partial charge >= 0.3 is 0 Å². The molecule has 4 heterocycles. The quantitative estimate of drug-likeness (QED) is 0.0360. The molecule has 1 atom stereocenters. The van der Waals surface area contributed by atoms with Gasteiger partial charge in [-0.2, -0.15) is 0 Å². The number of aliphatic hydroxyl groups is 1. The number of benzene rings is 5. The number of nitrogens with zero attached hydrogens (tertiary/aromatic N) is 5. The summed E-state index contributed by atoms with van der Waals surface area (Å²) in [7, 11) is 1.79. The van der Waals surface area contributed by atoms with Gasteiger partial charge in [0.25, 0.3) is 5.91 Å². The highest BCUT2D eigenvalue weighted by molar-refractivity contribution is 6.23. The van der Waals surface area contributed by atoms with Crippen LogP contribution < -0.4 is 30.3 Å². The van der Waals surface area contributed by atoms with Crippen LogP contribution in [0.4, 0.5) is 11.4 Å². The molecule has 2 N–H and O–H groups in total. The second kappa shape index (κ2) is 25.2. The molecule has 454 valence electrons. The number of ether oxygens (including phenoxy) is 2. The summed E-state index contributed by atoms with van der Waals surface area (Å²) in [6, 6.07) is 31.1. The van der Waals surface area contributed by atoms with Gasteiger partial charge in [-0.25, -0.2) is 4.58 Å². The maximum Gasteiger partial charge on any atom is 0.254 e. The standard InChI is InChI=1S/C74H86N6O7/c1-10-80-62-43-59-57(42-56(62)48(2)44-73(80,5)6)67(58-41-51-22-17-34-78-35-18-25-55(70(51)78)69(58)74(59,7)8)53-23-14-15-24-54(53)71(85)77(9)36-30-65(83)76-33-38-87-40-39-86-37-31-60(68-63(81)45-72(3,4)46-64(68)82)75-32-29-66(84)79-47-52-21-12-11-19-49(52)27-28-50-20-13-16-26-61(50)79/h11-16,19-21,23-24,26,41-43,48H,10,17-18,22,25,29-40,44-47H2,1-9H3,(H-,75,76,81,82,83)/p+1. The number of anilines is 2. The molecule has 0 saturated carbocycles. The fraction of sp³-hybridized carbons (Fsp3) is 0.459. The molecule has 0 fully saturated rings. The van der Waals surface area contributed by atoms with Crippen molar-refractivity contribution in [2.75, 3.05) is 82.5 Å². The third-order valence-corrected chi connectivity index (χ3v) is 19.0. The molecular formula is C74H87N6O7+. The number of ketones is 1. The molecule has 4 aliphatic heterocycles. The smallest absolute Gasteiger partial charge is 0.254 e. The average molecular weight is 1170 g/mol. The molecule has 1 unspecified atom stereocenters. The molecule has 0 aromatic heterocycles. The van der Waals surface area contributed by atoms with Crippen molar-refractivity contribution in [1.82, 2.24) is 14.8 Å². The van der Waals surface area contributed by atoms with Gasteiger partial charge in [0.15, 0.2) is 5.78 Å². The molecule has 0 radical (unpaired) electrons. The van der Waals surface area contributed by atoms with Gasteiger partial charge in [0, 0.05) is 123 Å². The normalized spacial score (nSPS) is 18.6. The lowest BCUT2D eigenvalue weighted by atomic mass is 9.64. The zero-order valence-electron chi connectivity index (χ0n) is 52.7. The largest absolute Gasteiger partial charge is 0.511 e. The molecular weight excluding hydrogens is 1080 g/mol. The first kappa shape index (κ1) is 61.0. The van der Waals surface area contributed by atoms with E-state index in [1.54, 1.807) is 16.8 Å². The van der Waals surface area contributed by atoms with Gasteiger partial charge in [-0.3, -0.25) is 24.2 Å². The molecule has 6 aliphatic rings. The Bertz CT molecular complexity index is 3830. The number of para-hydroxylation sites is 1. The molecule has 0 saturated heterocycles. The third kappa shape index (κ3) is 12.3. The zero-order valence-corrected chi connectivity index (χ0v) is 52.7. The number of allylic oxidation sites excluding steroid dienone is 2. The van der Waals surface area contributed by atoms with E-state index in [4.69, 9.17) is 14.5 Å². The van der Waals surface area contributed by atoms with Crippen molar-refractivity contribution in [2.24, 2.45) is 10.4 Å². The number of hydrogen-bond donors (Lipinski definition) is 2. The number of amides is 3. The number of aliphatic imine (C=N–C) groups is 1. The van der Waals surface area contributed by atoms with Crippen molar-refractivity contribution >= 4 is 46.2 Å². The topological polar surface area (TPSA) is 144 Å². The van der Waals surface area contributed by atoms with Crippen LogP contribution in [0.5, 0.6) is 0 Å². The summed E-state index contributed by atoms with van der Waals surface area (Å²) in [6.45, 7) is 23.3. The number of carbonyl (C=O) groups excluding carboxylic acids is 4. The molecule has 13 heteroatoms. The van der Waals surface area contributed by atoms with E-state index in [0.717, 1.165) is 85.3 Å². The van der Waals surface area contributed by atoms with Crippen LogP contribution in [0.25, 0.3) is 5.57 Å². The Morgan fingerprint density at radius 2 is 1.52 bits per heavy atom. The fourth-order valence-electron chi connectivity index (χ4n) is 15.0. The molecule has 3 amide bonds. The Morgan fingerprint density at radius 3 is 2.30 bits per heavy atom. The number of hydrogen-bond acceptors (Lipinski definition) is 9. The predicted molar refractivity (Wildman–Crippen MR) is 346 cm³/mol. The van der Waals surface area contributed by atoms with Crippen molar-refractivity contribution in [3.63, 3.8) is 0 Å². The highest BCUT2D eigenvalue weighted by Gasteiger charge is 2.43. The lowest BCUT2D eigenvalue weighted by Crippen LogP contribution is -2.50. The van der Waals surface area contributed by atoms with Gasteiger partial charge in [-0.1, -0.05) is 95.0 Å². The molecule has 5 aromatic rings. The molecule has 11 rings (SSSR count). The Hall–Kier alpha value is -7.66. The minimum Gasteiger partial charge on any atom is -0.511 e. The van der Waals surface area contributed by atoms with Crippen LogP contribution in [0, 0.1) is 17.3 Å². The Balaban J connectivity index is 0.711. The zero-order chi connectivity index (χ0) is 61.4. The van der Waals surface area contributed by atoms with Gasteiger partial charge < -0.3 is 34.6 Å². The van der Waals surface area contributed by atoms with Gasteiger partial charge in [0.1, 0.15) is 18.8 Å². The molecule has 0 bridgehead atoms. The number of aryl methyl sites for hydroxylation is 1. The average Bonchev–Trinajstić information content (AvgIpc) is 0.706. The van der Waals surface area contributed by atoms with Crippen molar-refractivity contribution in [3.8, 4) is 11.8 Å². The number of nitrogens with one attached hydrogen (secondary N) is 1. The summed E-state index contributed by atoms with van der Waals surface area (Å²) < 4.78 is 14.5. The molecule has 5 aromatic carbocycles. The summed E-state index contributed by atoms with van der Waals surface area (Å²) in [5, 5.41) is 16.9. The molecule has 13 nitrogen and oxygen atoms in total. The Kier molecular flexibility index (Phi) is 17.7. The lowest BCUT2D eigenvalue weighted by molar-refractivity contribution is -0.121. The monoisotopic (exact) mass is 1170 g/mol. The van der Waals surface area contributed by atoms with Crippen LogP contribution in [-0.2, 0) is 48.7 Å². The summed E-state index contributed by atoms with van der Waals surface area (Å²) in [6.07, 6.45) is 6.49. The van der Waals surface area contributed by atoms with Crippen LogP contribution in [0.2, 0.25) is 0 Å². The Morgan fingerprint density at radius 1 is 0.805 bits per heavy atom. The van der Waals surface area contributed by atoms with E-state index in [-0.39, 0.29) is 123 Å². The highest BCUT2D eigenvalue weighted by atomic mass is 16.5. The van der Waals surface area contributed by atoms with Gasteiger partial charge in [-0.15, -0.1) is 0 Å². The Labute approximate surface area is 514 Å². The molecule has 87 heavy (non-hydrogen) atoms. The van der Waals surface area contributed by atoms with Gasteiger partial charge in [-0.05, 0) is 138 Å². The van der Waals surface area contributed by atoms with Crippen molar-refractivity contribution in [2.45, 2.75) is 143 Å².